The molecule has 0 aliphatic carbocycles. The van der Waals surface area contributed by atoms with Gasteiger partial charge in [0.2, 0.25) is 0 Å². The van der Waals surface area contributed by atoms with Gasteiger partial charge in [-0.2, -0.15) is 13.7 Å². The molecule has 0 spiro atoms. The van der Waals surface area contributed by atoms with Gasteiger partial charge in [-0.3, -0.25) is 4.28 Å². The number of hydrogen-bond donors (Lipinski definition) is 0. The summed E-state index contributed by atoms with van der Waals surface area (Å²) in [4.78, 5) is 0.0187. The molecule has 0 N–H and O–H groups in total. The van der Waals surface area contributed by atoms with Crippen LogP contribution in [0.3, 0.4) is 0 Å². The van der Waals surface area contributed by atoms with E-state index in [1.807, 2.05) is 31.2 Å². The molecule has 0 saturated carbocycles. The van der Waals surface area contributed by atoms with Crippen molar-refractivity contribution in [1.29, 1.82) is 5.26 Å². The minimum Gasteiger partial charge on any atom is -0.264 e. The second-order valence-corrected chi connectivity index (χ2v) is 7.80. The third-order valence-corrected chi connectivity index (χ3v) is 5.60. The minimum atomic E-state index is -4.01. The van der Waals surface area contributed by atoms with E-state index in [9.17, 15) is 13.7 Å². The van der Waals surface area contributed by atoms with E-state index in [0.717, 1.165) is 11.1 Å². The fourth-order valence-corrected chi connectivity index (χ4v) is 3.90. The SMILES string of the molecule is Cc1ccccc1/C(C#N)=C1\C=CS\C1=N/OS(=O)(=O)c1ccccc1. The van der Waals surface area contributed by atoms with Crippen LogP contribution in [0.4, 0.5) is 0 Å². The zero-order valence-corrected chi connectivity index (χ0v) is 15.4. The molecule has 3 rings (SSSR count). The highest BCUT2D eigenvalue weighted by molar-refractivity contribution is 8.17. The van der Waals surface area contributed by atoms with Gasteiger partial charge < -0.3 is 0 Å². The summed E-state index contributed by atoms with van der Waals surface area (Å²) in [6, 6.07) is 17.5. The molecule has 0 atom stereocenters. The van der Waals surface area contributed by atoms with E-state index in [4.69, 9.17) is 4.28 Å². The van der Waals surface area contributed by atoms with E-state index >= 15 is 0 Å². The summed E-state index contributed by atoms with van der Waals surface area (Å²) in [7, 11) is -4.01. The lowest BCUT2D eigenvalue weighted by molar-refractivity contribution is 0.340. The largest absolute Gasteiger partial charge is 0.358 e. The molecule has 0 bridgehead atoms. The number of rotatable bonds is 4. The minimum absolute atomic E-state index is 0.0187. The number of hydrogen-bond acceptors (Lipinski definition) is 6. The van der Waals surface area contributed by atoms with Crippen molar-refractivity contribution < 1.29 is 12.7 Å². The van der Waals surface area contributed by atoms with Crippen LogP contribution in [-0.4, -0.2) is 13.5 Å². The summed E-state index contributed by atoms with van der Waals surface area (Å²) < 4.78 is 29.3. The highest BCUT2D eigenvalue weighted by Crippen LogP contribution is 2.32. The Labute approximate surface area is 156 Å². The van der Waals surface area contributed by atoms with Gasteiger partial charge in [0, 0.05) is 5.57 Å². The molecule has 0 amide bonds. The zero-order valence-electron chi connectivity index (χ0n) is 13.8. The Morgan fingerprint density at radius 2 is 1.81 bits per heavy atom. The van der Waals surface area contributed by atoms with E-state index in [-0.39, 0.29) is 4.90 Å². The topological polar surface area (TPSA) is 79.5 Å². The summed E-state index contributed by atoms with van der Waals surface area (Å²) in [5.74, 6) is 0. The van der Waals surface area contributed by atoms with Gasteiger partial charge >= 0.3 is 10.1 Å². The second kappa shape index (κ2) is 7.60. The van der Waals surface area contributed by atoms with Crippen molar-refractivity contribution in [3.05, 3.63) is 82.8 Å². The molecule has 0 aromatic heterocycles. The van der Waals surface area contributed by atoms with Crippen LogP contribution < -0.4 is 0 Å². The Hall–Kier alpha value is -2.82. The van der Waals surface area contributed by atoms with Crippen LogP contribution in [0, 0.1) is 18.3 Å². The fraction of sp³-hybridized carbons (Fsp3) is 0.0526. The summed E-state index contributed by atoms with van der Waals surface area (Å²) >= 11 is 1.20. The van der Waals surface area contributed by atoms with Gasteiger partial charge in [0.05, 0.1) is 5.57 Å². The number of benzene rings is 2. The summed E-state index contributed by atoms with van der Waals surface area (Å²) in [5.41, 5.74) is 2.67. The average Bonchev–Trinajstić information content (AvgIpc) is 3.11. The molecular weight excluding hydrogens is 368 g/mol. The lowest BCUT2D eigenvalue weighted by atomic mass is 9.97. The van der Waals surface area contributed by atoms with Gasteiger partial charge in [-0.15, -0.1) is 0 Å². The van der Waals surface area contributed by atoms with Gasteiger partial charge in [-0.25, -0.2) is 0 Å². The average molecular weight is 382 g/mol. The fourth-order valence-electron chi connectivity index (χ4n) is 2.39. The predicted molar refractivity (Wildman–Crippen MR) is 103 cm³/mol. The van der Waals surface area contributed by atoms with Crippen molar-refractivity contribution >= 4 is 32.5 Å². The first-order chi connectivity index (χ1) is 12.5. The lowest BCUT2D eigenvalue weighted by Gasteiger charge is -2.07. The molecular formula is C19H14N2O3S2. The lowest BCUT2D eigenvalue weighted by Crippen LogP contribution is -2.05. The third kappa shape index (κ3) is 3.72. The zero-order chi connectivity index (χ0) is 18.6. The Kier molecular flexibility index (Phi) is 5.26. The number of allylic oxidation sites excluding steroid dienone is 2. The normalized spacial score (nSPS) is 17.2. The van der Waals surface area contributed by atoms with E-state index < -0.39 is 10.1 Å². The Balaban J connectivity index is 1.97. The molecule has 1 aliphatic rings. The molecule has 1 aliphatic heterocycles. The monoisotopic (exact) mass is 382 g/mol. The van der Waals surface area contributed by atoms with E-state index in [1.165, 1.54) is 23.9 Å². The maximum Gasteiger partial charge on any atom is 0.358 e. The Morgan fingerprint density at radius 3 is 2.50 bits per heavy atom. The van der Waals surface area contributed by atoms with Crippen molar-refractivity contribution in [3.8, 4) is 6.07 Å². The van der Waals surface area contributed by atoms with Gasteiger partial charge in [0.1, 0.15) is 16.0 Å². The molecule has 0 fully saturated rings. The number of oxime groups is 1. The van der Waals surface area contributed by atoms with E-state index in [1.54, 1.807) is 29.7 Å². The highest BCUT2D eigenvalue weighted by Gasteiger charge is 2.21. The second-order valence-electron chi connectivity index (χ2n) is 5.37. The number of nitrogens with zero attached hydrogens (tertiary/aromatic N) is 2. The molecule has 26 heavy (non-hydrogen) atoms. The van der Waals surface area contributed by atoms with E-state index in [0.29, 0.717) is 16.2 Å². The maximum atomic E-state index is 12.2. The van der Waals surface area contributed by atoms with Gasteiger partial charge in [0.15, 0.2) is 0 Å². The quantitative estimate of drug-likeness (QED) is 0.583. The molecule has 7 heteroatoms. The van der Waals surface area contributed by atoms with Gasteiger partial charge in [-0.1, -0.05) is 59.4 Å². The van der Waals surface area contributed by atoms with Gasteiger partial charge in [-0.05, 0) is 41.7 Å². The summed E-state index contributed by atoms with van der Waals surface area (Å²) in [5, 5.41) is 15.5. The van der Waals surface area contributed by atoms with Crippen LogP contribution in [-0.2, 0) is 14.4 Å². The van der Waals surface area contributed by atoms with E-state index in [2.05, 4.69) is 11.2 Å². The van der Waals surface area contributed by atoms with Crippen LogP contribution in [0.2, 0.25) is 0 Å². The van der Waals surface area contributed by atoms with Gasteiger partial charge in [0.25, 0.3) is 0 Å². The highest BCUT2D eigenvalue weighted by atomic mass is 32.2. The van der Waals surface area contributed by atoms with Crippen LogP contribution in [0.25, 0.3) is 5.57 Å². The van der Waals surface area contributed by atoms with Crippen molar-refractivity contribution in [1.82, 2.24) is 0 Å². The molecule has 0 saturated heterocycles. The van der Waals surface area contributed by atoms with Crippen LogP contribution >= 0.6 is 11.8 Å². The van der Waals surface area contributed by atoms with Crippen molar-refractivity contribution in [2.75, 3.05) is 0 Å². The van der Waals surface area contributed by atoms with Crippen molar-refractivity contribution in [2.45, 2.75) is 11.8 Å². The molecule has 1 heterocycles. The first kappa shape index (κ1) is 18.0. The molecule has 2 aromatic rings. The smallest absolute Gasteiger partial charge is 0.264 e. The number of thioether (sulfide) groups is 1. The summed E-state index contributed by atoms with van der Waals surface area (Å²) in [6.07, 6.45) is 1.73. The molecule has 130 valence electrons. The van der Waals surface area contributed by atoms with Crippen molar-refractivity contribution in [3.63, 3.8) is 0 Å². The number of nitriles is 1. The van der Waals surface area contributed by atoms with Crippen LogP contribution in [0.1, 0.15) is 11.1 Å². The third-order valence-electron chi connectivity index (χ3n) is 3.69. The summed E-state index contributed by atoms with van der Waals surface area (Å²) in [6.45, 7) is 1.91. The first-order valence-electron chi connectivity index (χ1n) is 7.63. The Bertz CT molecular complexity index is 1060. The molecule has 5 nitrogen and oxygen atoms in total. The van der Waals surface area contributed by atoms with Crippen molar-refractivity contribution in [2.24, 2.45) is 5.16 Å². The number of aryl methyl sites for hydroxylation is 1. The molecule has 2 aromatic carbocycles. The predicted octanol–water partition coefficient (Wildman–Crippen LogP) is 4.25. The molecule has 0 radical (unpaired) electrons. The maximum absolute atomic E-state index is 12.2. The van der Waals surface area contributed by atoms with Crippen LogP contribution in [0.15, 0.2) is 81.7 Å². The molecule has 0 unspecified atom stereocenters. The van der Waals surface area contributed by atoms with Crippen LogP contribution in [0.5, 0.6) is 0 Å². The Morgan fingerprint density at radius 1 is 1.12 bits per heavy atom. The standard InChI is InChI=1S/C19H14N2O3S2/c1-14-7-5-6-10-16(14)18(13-20)17-11-12-25-19(17)21-24-26(22,23)15-8-3-2-4-9-15/h2-12H,1H3/b18-17+,21-19-. The first-order valence-corrected chi connectivity index (χ1v) is 9.92.